The number of hydrogen-bond donors (Lipinski definition) is 2. The first-order chi connectivity index (χ1) is 11.5. The molecule has 0 bridgehead atoms. The molecule has 0 aliphatic carbocycles. The number of nitrogens with zero attached hydrogens (tertiary/aromatic N) is 1. The van der Waals surface area contributed by atoms with Gasteiger partial charge in [0.05, 0.1) is 17.7 Å². The van der Waals surface area contributed by atoms with E-state index in [1.807, 2.05) is 0 Å². The number of methoxy groups -OCH3 is 1. The van der Waals surface area contributed by atoms with E-state index in [4.69, 9.17) is 4.74 Å². The van der Waals surface area contributed by atoms with Gasteiger partial charge in [0.1, 0.15) is 11.6 Å². The van der Waals surface area contributed by atoms with Gasteiger partial charge in [-0.15, -0.1) is 0 Å². The second kappa shape index (κ2) is 7.73. The van der Waals surface area contributed by atoms with E-state index in [9.17, 15) is 19.3 Å². The molecule has 0 radical (unpaired) electrons. The first kappa shape index (κ1) is 16.9. The molecular formula is C16H14FN3O4. The number of nitrogens with one attached hydrogen (secondary N) is 2. The fourth-order valence-corrected chi connectivity index (χ4v) is 1.85. The normalized spacial score (nSPS) is 10.4. The smallest absolute Gasteiger partial charge is 0.323 e. The number of halogens is 1. The molecule has 7 nitrogen and oxygen atoms in total. The lowest BCUT2D eigenvalue weighted by molar-refractivity contribution is -0.384. The Morgan fingerprint density at radius 3 is 2.58 bits per heavy atom. The lowest BCUT2D eigenvalue weighted by atomic mass is 10.2. The van der Waals surface area contributed by atoms with Crippen molar-refractivity contribution in [1.29, 1.82) is 0 Å². The Bertz CT molecular complexity index is 775. The number of ether oxygens (including phenoxy) is 1. The van der Waals surface area contributed by atoms with Crippen LogP contribution in [0.15, 0.2) is 48.7 Å². The van der Waals surface area contributed by atoms with Gasteiger partial charge in [0.15, 0.2) is 0 Å². The van der Waals surface area contributed by atoms with Gasteiger partial charge in [-0.25, -0.2) is 9.18 Å². The van der Waals surface area contributed by atoms with Gasteiger partial charge in [0.2, 0.25) is 0 Å². The van der Waals surface area contributed by atoms with Crippen LogP contribution in [0.25, 0.3) is 6.08 Å². The first-order valence-electron chi connectivity index (χ1n) is 6.81. The maximum atomic E-state index is 12.8. The summed E-state index contributed by atoms with van der Waals surface area (Å²) >= 11 is 0. The van der Waals surface area contributed by atoms with Gasteiger partial charge in [0.25, 0.3) is 5.69 Å². The van der Waals surface area contributed by atoms with Crippen molar-refractivity contribution in [2.75, 3.05) is 12.4 Å². The Labute approximate surface area is 136 Å². The second-order valence-electron chi connectivity index (χ2n) is 4.63. The molecular weight excluding hydrogens is 317 g/mol. The van der Waals surface area contributed by atoms with Crippen LogP contribution in [0.3, 0.4) is 0 Å². The number of amides is 2. The predicted molar refractivity (Wildman–Crippen MR) is 87.2 cm³/mol. The van der Waals surface area contributed by atoms with Crippen molar-refractivity contribution < 1.29 is 18.8 Å². The fraction of sp³-hybridized carbons (Fsp3) is 0.0625. The summed E-state index contributed by atoms with van der Waals surface area (Å²) in [4.78, 5) is 22.1. The zero-order chi connectivity index (χ0) is 17.5. The zero-order valence-corrected chi connectivity index (χ0v) is 12.7. The van der Waals surface area contributed by atoms with E-state index >= 15 is 0 Å². The number of rotatable bonds is 5. The number of carbonyl (C=O) groups is 1. The molecule has 0 fully saturated rings. The highest BCUT2D eigenvalue weighted by Gasteiger charge is 2.13. The number of carbonyl (C=O) groups excluding carboxylic acids is 1. The number of nitro benzene ring substituents is 1. The number of urea groups is 1. The Morgan fingerprint density at radius 2 is 1.96 bits per heavy atom. The molecule has 2 amide bonds. The molecule has 0 saturated heterocycles. The van der Waals surface area contributed by atoms with Crippen molar-refractivity contribution in [1.82, 2.24) is 5.32 Å². The third-order valence-corrected chi connectivity index (χ3v) is 3.00. The van der Waals surface area contributed by atoms with E-state index in [0.29, 0.717) is 11.3 Å². The summed E-state index contributed by atoms with van der Waals surface area (Å²) in [6.07, 6.45) is 2.94. The molecule has 0 aliphatic heterocycles. The van der Waals surface area contributed by atoms with Gasteiger partial charge >= 0.3 is 6.03 Å². The molecule has 0 saturated carbocycles. The van der Waals surface area contributed by atoms with Crippen LogP contribution in [0.1, 0.15) is 5.56 Å². The molecule has 8 heteroatoms. The van der Waals surface area contributed by atoms with Crippen molar-refractivity contribution in [2.45, 2.75) is 0 Å². The fourth-order valence-electron chi connectivity index (χ4n) is 1.85. The largest absolute Gasteiger partial charge is 0.495 e. The molecule has 0 aromatic heterocycles. The monoisotopic (exact) mass is 331 g/mol. The number of benzene rings is 2. The third-order valence-electron chi connectivity index (χ3n) is 3.00. The summed E-state index contributed by atoms with van der Waals surface area (Å²) in [5.74, 6) is -0.0612. The third kappa shape index (κ3) is 4.54. The predicted octanol–water partition coefficient (Wildman–Crippen LogP) is 3.53. The number of hydrogen-bond acceptors (Lipinski definition) is 4. The van der Waals surface area contributed by atoms with Gasteiger partial charge in [-0.3, -0.25) is 10.1 Å². The summed E-state index contributed by atoms with van der Waals surface area (Å²) in [7, 11) is 1.39. The van der Waals surface area contributed by atoms with E-state index in [-0.39, 0.29) is 17.2 Å². The molecule has 2 aromatic carbocycles. The van der Waals surface area contributed by atoms with E-state index in [0.717, 1.165) is 0 Å². The molecule has 2 N–H and O–H groups in total. The Kier molecular flexibility index (Phi) is 5.45. The molecule has 124 valence electrons. The van der Waals surface area contributed by atoms with Gasteiger partial charge in [-0.2, -0.15) is 0 Å². The summed E-state index contributed by atoms with van der Waals surface area (Å²) in [6, 6.07) is 8.96. The average Bonchev–Trinajstić information content (AvgIpc) is 2.56. The quantitative estimate of drug-likeness (QED) is 0.647. The van der Waals surface area contributed by atoms with Crippen LogP contribution in [0.5, 0.6) is 5.75 Å². The van der Waals surface area contributed by atoms with Crippen molar-refractivity contribution in [2.24, 2.45) is 0 Å². The molecule has 0 unspecified atom stereocenters. The Hall–Kier alpha value is -3.42. The second-order valence-corrected chi connectivity index (χ2v) is 4.63. The molecule has 24 heavy (non-hydrogen) atoms. The van der Waals surface area contributed by atoms with Crippen molar-refractivity contribution >= 4 is 23.5 Å². The van der Waals surface area contributed by atoms with Crippen molar-refractivity contribution in [3.8, 4) is 5.75 Å². The summed E-state index contributed by atoms with van der Waals surface area (Å²) in [5, 5.41) is 15.7. The van der Waals surface area contributed by atoms with Crippen LogP contribution < -0.4 is 15.4 Å². The SMILES string of the molecule is COc1ccc([N+](=O)[O-])cc1NC(=O)N/C=C/c1ccc(F)cc1. The molecule has 2 rings (SSSR count). The highest BCUT2D eigenvalue weighted by atomic mass is 19.1. The lowest BCUT2D eigenvalue weighted by Crippen LogP contribution is -2.24. The molecule has 0 heterocycles. The molecule has 0 spiro atoms. The summed E-state index contributed by atoms with van der Waals surface area (Å²) in [5.41, 5.74) is 0.692. The topological polar surface area (TPSA) is 93.5 Å². The summed E-state index contributed by atoms with van der Waals surface area (Å²) < 4.78 is 17.8. The van der Waals surface area contributed by atoms with Gasteiger partial charge in [0, 0.05) is 18.3 Å². The van der Waals surface area contributed by atoms with Crippen molar-refractivity contribution in [3.05, 3.63) is 70.2 Å². The number of non-ortho nitro benzene ring substituents is 1. The maximum Gasteiger partial charge on any atom is 0.323 e. The Balaban J connectivity index is 2.02. The molecule has 0 aliphatic rings. The standard InChI is InChI=1S/C16H14FN3O4/c1-24-15-7-6-13(20(22)23)10-14(15)19-16(21)18-9-8-11-2-4-12(17)5-3-11/h2-10H,1H3,(H2,18,19,21)/b9-8+. The highest BCUT2D eigenvalue weighted by molar-refractivity contribution is 5.92. The van der Waals surface area contributed by atoms with Crippen LogP contribution in [-0.4, -0.2) is 18.1 Å². The van der Waals surface area contributed by atoms with Crippen LogP contribution in [0.2, 0.25) is 0 Å². The van der Waals surface area contributed by atoms with Gasteiger partial charge in [-0.05, 0) is 29.8 Å². The summed E-state index contributed by atoms with van der Waals surface area (Å²) in [6.45, 7) is 0. The maximum absolute atomic E-state index is 12.8. The Morgan fingerprint density at radius 1 is 1.25 bits per heavy atom. The van der Waals surface area contributed by atoms with Gasteiger partial charge in [-0.1, -0.05) is 12.1 Å². The number of anilines is 1. The van der Waals surface area contributed by atoms with Crippen LogP contribution >= 0.6 is 0 Å². The minimum absolute atomic E-state index is 0.166. The van der Waals surface area contributed by atoms with Crippen molar-refractivity contribution in [3.63, 3.8) is 0 Å². The van der Waals surface area contributed by atoms with E-state index in [2.05, 4.69) is 10.6 Å². The lowest BCUT2D eigenvalue weighted by Gasteiger charge is -2.09. The molecule has 0 atom stereocenters. The van der Waals surface area contributed by atoms with Crippen LogP contribution in [0.4, 0.5) is 20.6 Å². The average molecular weight is 331 g/mol. The van der Waals surface area contributed by atoms with E-state index in [1.54, 1.807) is 18.2 Å². The first-order valence-corrected chi connectivity index (χ1v) is 6.81. The van der Waals surface area contributed by atoms with Gasteiger partial charge < -0.3 is 15.4 Å². The molecule has 2 aromatic rings. The van der Waals surface area contributed by atoms with E-state index < -0.39 is 11.0 Å². The van der Waals surface area contributed by atoms with Crippen LogP contribution in [-0.2, 0) is 0 Å². The minimum Gasteiger partial charge on any atom is -0.495 e. The van der Waals surface area contributed by atoms with Crippen LogP contribution in [0, 0.1) is 15.9 Å². The number of nitro groups is 1. The minimum atomic E-state index is -0.604. The van der Waals surface area contributed by atoms with E-state index in [1.165, 1.54) is 43.6 Å². The zero-order valence-electron chi connectivity index (χ0n) is 12.7. The highest BCUT2D eigenvalue weighted by Crippen LogP contribution is 2.28.